The number of amides is 1. The SMILES string of the molecule is NC(=O)C1COCCN1Cc1cc(C#CCO)cs1. The predicted molar refractivity (Wildman–Crippen MR) is 72.5 cm³/mol. The lowest BCUT2D eigenvalue weighted by Crippen LogP contribution is -2.51. The molecule has 3 N–H and O–H groups in total. The maximum absolute atomic E-state index is 11.4. The van der Waals surface area contributed by atoms with Crippen LogP contribution in [0.2, 0.25) is 0 Å². The topological polar surface area (TPSA) is 75.8 Å². The van der Waals surface area contributed by atoms with E-state index in [9.17, 15) is 4.79 Å². The lowest BCUT2D eigenvalue weighted by atomic mass is 10.2. The first-order chi connectivity index (χ1) is 9.20. The van der Waals surface area contributed by atoms with Crippen molar-refractivity contribution < 1.29 is 14.6 Å². The number of thiophene rings is 1. The van der Waals surface area contributed by atoms with Crippen LogP contribution in [0.3, 0.4) is 0 Å². The highest BCUT2D eigenvalue weighted by atomic mass is 32.1. The number of primary amides is 1. The molecule has 2 rings (SSSR count). The molecule has 1 aliphatic rings. The van der Waals surface area contributed by atoms with E-state index in [1.165, 1.54) is 0 Å². The molecule has 0 aromatic carbocycles. The molecular weight excluding hydrogens is 264 g/mol. The number of hydrogen-bond donors (Lipinski definition) is 2. The Kier molecular flexibility index (Phi) is 4.93. The molecule has 0 spiro atoms. The smallest absolute Gasteiger partial charge is 0.237 e. The van der Waals surface area contributed by atoms with Gasteiger partial charge in [0.2, 0.25) is 5.91 Å². The molecule has 1 atom stereocenters. The number of hydrogen-bond acceptors (Lipinski definition) is 5. The number of carbonyl (C=O) groups excluding carboxylic acids is 1. The number of rotatable bonds is 3. The van der Waals surface area contributed by atoms with Crippen LogP contribution in [-0.4, -0.2) is 48.3 Å². The van der Waals surface area contributed by atoms with E-state index in [0.717, 1.165) is 10.4 Å². The average Bonchev–Trinajstić information content (AvgIpc) is 2.84. The maximum atomic E-state index is 11.4. The van der Waals surface area contributed by atoms with E-state index in [-0.39, 0.29) is 18.6 Å². The summed E-state index contributed by atoms with van der Waals surface area (Å²) in [7, 11) is 0. The highest BCUT2D eigenvalue weighted by Crippen LogP contribution is 2.19. The first-order valence-corrected chi connectivity index (χ1v) is 6.87. The predicted octanol–water partition coefficient (Wildman–Crippen LogP) is -0.222. The average molecular weight is 280 g/mol. The summed E-state index contributed by atoms with van der Waals surface area (Å²) >= 11 is 1.59. The summed E-state index contributed by atoms with van der Waals surface area (Å²) in [6, 6.07) is 1.61. The molecule has 0 radical (unpaired) electrons. The van der Waals surface area contributed by atoms with Crippen LogP contribution in [0.1, 0.15) is 10.4 Å². The van der Waals surface area contributed by atoms with Crippen LogP contribution in [0.25, 0.3) is 0 Å². The molecule has 1 aromatic heterocycles. The molecule has 102 valence electrons. The van der Waals surface area contributed by atoms with E-state index in [2.05, 4.69) is 11.8 Å². The number of ether oxygens (including phenoxy) is 1. The Labute approximate surface area is 116 Å². The van der Waals surface area contributed by atoms with Gasteiger partial charge in [0, 0.05) is 28.9 Å². The molecule has 1 fully saturated rings. The molecule has 1 unspecified atom stereocenters. The van der Waals surface area contributed by atoms with Crippen LogP contribution >= 0.6 is 11.3 Å². The first kappa shape index (κ1) is 14.0. The van der Waals surface area contributed by atoms with Crippen molar-refractivity contribution in [1.82, 2.24) is 4.90 Å². The van der Waals surface area contributed by atoms with Crippen molar-refractivity contribution >= 4 is 17.2 Å². The van der Waals surface area contributed by atoms with Gasteiger partial charge in [-0.25, -0.2) is 0 Å². The Balaban J connectivity index is 2.02. The Morgan fingerprint density at radius 2 is 2.53 bits per heavy atom. The van der Waals surface area contributed by atoms with E-state index in [0.29, 0.717) is 26.3 Å². The summed E-state index contributed by atoms with van der Waals surface area (Å²) in [5.41, 5.74) is 6.26. The second-order valence-electron chi connectivity index (χ2n) is 4.23. The largest absolute Gasteiger partial charge is 0.384 e. The first-order valence-electron chi connectivity index (χ1n) is 5.99. The van der Waals surface area contributed by atoms with Gasteiger partial charge >= 0.3 is 0 Å². The normalized spacial score (nSPS) is 19.7. The third-order valence-electron chi connectivity index (χ3n) is 2.89. The Morgan fingerprint density at radius 3 is 3.26 bits per heavy atom. The number of nitrogens with zero attached hydrogens (tertiary/aromatic N) is 1. The number of morpholine rings is 1. The quantitative estimate of drug-likeness (QED) is 0.751. The third-order valence-corrected chi connectivity index (χ3v) is 3.81. The molecule has 1 saturated heterocycles. The fourth-order valence-corrected chi connectivity index (χ4v) is 2.80. The van der Waals surface area contributed by atoms with Crippen molar-refractivity contribution in [2.45, 2.75) is 12.6 Å². The van der Waals surface area contributed by atoms with Crippen molar-refractivity contribution in [2.75, 3.05) is 26.4 Å². The van der Waals surface area contributed by atoms with Gasteiger partial charge in [-0.15, -0.1) is 11.3 Å². The van der Waals surface area contributed by atoms with Crippen LogP contribution in [-0.2, 0) is 16.1 Å². The van der Waals surface area contributed by atoms with Crippen LogP contribution < -0.4 is 5.73 Å². The number of aliphatic hydroxyl groups is 1. The zero-order valence-electron chi connectivity index (χ0n) is 10.5. The van der Waals surface area contributed by atoms with E-state index < -0.39 is 0 Å². The monoisotopic (exact) mass is 280 g/mol. The Hall–Kier alpha value is -1.39. The summed E-state index contributed by atoms with van der Waals surface area (Å²) < 4.78 is 5.28. The molecular formula is C13H16N2O3S. The van der Waals surface area contributed by atoms with Crippen LogP contribution in [0, 0.1) is 11.8 Å². The van der Waals surface area contributed by atoms with Gasteiger partial charge in [-0.05, 0) is 6.07 Å². The van der Waals surface area contributed by atoms with E-state index in [4.69, 9.17) is 15.6 Å². The van der Waals surface area contributed by atoms with Crippen molar-refractivity contribution in [1.29, 1.82) is 0 Å². The van der Waals surface area contributed by atoms with Gasteiger partial charge in [-0.1, -0.05) is 11.8 Å². The van der Waals surface area contributed by atoms with Gasteiger partial charge < -0.3 is 15.6 Å². The molecule has 2 heterocycles. The lowest BCUT2D eigenvalue weighted by Gasteiger charge is -2.32. The summed E-state index contributed by atoms with van der Waals surface area (Å²) in [6.07, 6.45) is 0. The van der Waals surface area contributed by atoms with Crippen molar-refractivity contribution in [2.24, 2.45) is 5.73 Å². The van der Waals surface area contributed by atoms with Crippen LogP contribution in [0.15, 0.2) is 11.4 Å². The number of aliphatic hydroxyl groups excluding tert-OH is 1. The Morgan fingerprint density at radius 1 is 1.68 bits per heavy atom. The summed E-state index contributed by atoms with van der Waals surface area (Å²) in [5.74, 6) is 5.12. The number of carbonyl (C=O) groups is 1. The van der Waals surface area contributed by atoms with Gasteiger partial charge in [0.1, 0.15) is 12.6 Å². The van der Waals surface area contributed by atoms with Crippen molar-refractivity contribution in [3.05, 3.63) is 21.9 Å². The van der Waals surface area contributed by atoms with E-state index >= 15 is 0 Å². The van der Waals surface area contributed by atoms with Gasteiger partial charge in [-0.2, -0.15) is 0 Å². The minimum Gasteiger partial charge on any atom is -0.384 e. The fourth-order valence-electron chi connectivity index (χ4n) is 1.96. The zero-order valence-corrected chi connectivity index (χ0v) is 11.3. The zero-order chi connectivity index (χ0) is 13.7. The molecule has 19 heavy (non-hydrogen) atoms. The highest BCUT2D eigenvalue weighted by molar-refractivity contribution is 7.10. The van der Waals surface area contributed by atoms with E-state index in [1.54, 1.807) is 11.3 Å². The molecule has 6 heteroatoms. The lowest BCUT2D eigenvalue weighted by molar-refractivity contribution is -0.129. The van der Waals surface area contributed by atoms with Gasteiger partial charge in [0.25, 0.3) is 0 Å². The standard InChI is InChI=1S/C13H16N2O3S/c14-13(17)12-8-18-5-3-15(12)7-11-6-10(9-19-11)2-1-4-16/h6,9,12,16H,3-5,7-8H2,(H2,14,17). The van der Waals surface area contributed by atoms with Crippen molar-refractivity contribution in [3.8, 4) is 11.8 Å². The maximum Gasteiger partial charge on any atom is 0.237 e. The molecule has 5 nitrogen and oxygen atoms in total. The summed E-state index contributed by atoms with van der Waals surface area (Å²) in [5, 5.41) is 10.6. The second kappa shape index (κ2) is 6.68. The fraction of sp³-hybridized carbons (Fsp3) is 0.462. The minimum absolute atomic E-state index is 0.140. The van der Waals surface area contributed by atoms with Crippen molar-refractivity contribution in [3.63, 3.8) is 0 Å². The number of nitrogens with two attached hydrogens (primary N) is 1. The molecule has 0 bridgehead atoms. The highest BCUT2D eigenvalue weighted by Gasteiger charge is 2.27. The molecule has 1 aliphatic heterocycles. The van der Waals surface area contributed by atoms with Gasteiger partial charge in [-0.3, -0.25) is 9.69 Å². The summed E-state index contributed by atoms with van der Waals surface area (Å²) in [6.45, 7) is 2.20. The Bertz CT molecular complexity index is 503. The summed E-state index contributed by atoms with van der Waals surface area (Å²) in [4.78, 5) is 14.5. The molecule has 0 aliphatic carbocycles. The molecule has 1 aromatic rings. The van der Waals surface area contributed by atoms with Crippen LogP contribution in [0.4, 0.5) is 0 Å². The molecule has 0 saturated carbocycles. The van der Waals surface area contributed by atoms with Gasteiger partial charge in [0.15, 0.2) is 0 Å². The third kappa shape index (κ3) is 3.78. The second-order valence-corrected chi connectivity index (χ2v) is 5.22. The minimum atomic E-state index is -0.358. The molecule has 1 amide bonds. The van der Waals surface area contributed by atoms with Crippen LogP contribution in [0.5, 0.6) is 0 Å². The van der Waals surface area contributed by atoms with E-state index in [1.807, 2.05) is 16.3 Å². The van der Waals surface area contributed by atoms with Gasteiger partial charge in [0.05, 0.1) is 13.2 Å².